The molecular formula is C11H11F4NO2. The summed E-state index contributed by atoms with van der Waals surface area (Å²) in [6, 6.07) is 3.69. The minimum Gasteiger partial charge on any atom is -0.491 e. The Kier molecular flexibility index (Phi) is 4.52. The van der Waals surface area contributed by atoms with Crippen molar-refractivity contribution in [2.45, 2.75) is 19.6 Å². The molecule has 1 rings (SSSR count). The summed E-state index contributed by atoms with van der Waals surface area (Å²) in [7, 11) is 0. The van der Waals surface area contributed by atoms with E-state index in [1.54, 1.807) is 12.2 Å². The smallest absolute Gasteiger partial charge is 0.471 e. The van der Waals surface area contributed by atoms with E-state index in [0.717, 1.165) is 6.07 Å². The van der Waals surface area contributed by atoms with Gasteiger partial charge in [0.1, 0.15) is 0 Å². The summed E-state index contributed by atoms with van der Waals surface area (Å²) < 4.78 is 53.9. The third-order valence-corrected chi connectivity index (χ3v) is 2.01. The lowest BCUT2D eigenvalue weighted by molar-refractivity contribution is -0.173. The zero-order valence-corrected chi connectivity index (χ0v) is 9.47. The molecule has 0 fully saturated rings. The topological polar surface area (TPSA) is 38.3 Å². The Morgan fingerprint density at radius 3 is 2.56 bits per heavy atom. The van der Waals surface area contributed by atoms with E-state index in [4.69, 9.17) is 4.74 Å². The number of halogens is 4. The summed E-state index contributed by atoms with van der Waals surface area (Å²) in [5, 5.41) is 1.65. The van der Waals surface area contributed by atoms with Crippen molar-refractivity contribution in [2.24, 2.45) is 0 Å². The van der Waals surface area contributed by atoms with Crippen molar-refractivity contribution in [3.05, 3.63) is 29.6 Å². The standard InChI is InChI=1S/C11H11F4NO2/c1-2-18-9-4-3-7(5-8(9)12)6-16-10(17)11(13,14)15/h3-5H,2,6H2,1H3,(H,16,17). The molecule has 0 aliphatic heterocycles. The maximum Gasteiger partial charge on any atom is 0.471 e. The van der Waals surface area contributed by atoms with Gasteiger partial charge in [-0.2, -0.15) is 13.2 Å². The van der Waals surface area contributed by atoms with Gasteiger partial charge in [-0.1, -0.05) is 6.07 Å². The lowest BCUT2D eigenvalue weighted by Gasteiger charge is -2.09. The fourth-order valence-electron chi connectivity index (χ4n) is 1.21. The van der Waals surface area contributed by atoms with Crippen LogP contribution in [-0.2, 0) is 11.3 Å². The monoisotopic (exact) mass is 265 g/mol. The molecule has 0 spiro atoms. The molecule has 0 unspecified atom stereocenters. The quantitative estimate of drug-likeness (QED) is 0.849. The Balaban J connectivity index is 2.64. The lowest BCUT2D eigenvalue weighted by Crippen LogP contribution is -2.36. The van der Waals surface area contributed by atoms with Crippen LogP contribution in [0.1, 0.15) is 12.5 Å². The molecule has 1 N–H and O–H groups in total. The van der Waals surface area contributed by atoms with Gasteiger partial charge in [0.15, 0.2) is 11.6 Å². The summed E-state index contributed by atoms with van der Waals surface area (Å²) in [6.07, 6.45) is -4.94. The average molecular weight is 265 g/mol. The molecule has 1 amide bonds. The molecule has 0 bridgehead atoms. The number of rotatable bonds is 4. The van der Waals surface area contributed by atoms with Crippen LogP contribution >= 0.6 is 0 Å². The van der Waals surface area contributed by atoms with E-state index in [1.807, 2.05) is 0 Å². The van der Waals surface area contributed by atoms with Crippen LogP contribution < -0.4 is 10.1 Å². The molecule has 0 radical (unpaired) electrons. The molecule has 0 saturated heterocycles. The third-order valence-electron chi connectivity index (χ3n) is 2.01. The molecule has 0 atom stereocenters. The van der Waals surface area contributed by atoms with Gasteiger partial charge in [-0.3, -0.25) is 4.79 Å². The zero-order valence-electron chi connectivity index (χ0n) is 9.47. The molecule has 0 aliphatic rings. The molecule has 7 heteroatoms. The predicted molar refractivity (Wildman–Crippen MR) is 55.5 cm³/mol. The van der Waals surface area contributed by atoms with Crippen molar-refractivity contribution < 1.29 is 27.1 Å². The molecule has 0 aromatic heterocycles. The van der Waals surface area contributed by atoms with E-state index < -0.39 is 24.4 Å². The molecule has 1 aromatic carbocycles. The van der Waals surface area contributed by atoms with E-state index in [2.05, 4.69) is 0 Å². The summed E-state index contributed by atoms with van der Waals surface area (Å²) in [4.78, 5) is 10.5. The number of hydrogen-bond donors (Lipinski definition) is 1. The highest BCUT2D eigenvalue weighted by Crippen LogP contribution is 2.19. The number of amides is 1. The summed E-state index contributed by atoms with van der Waals surface area (Å²) >= 11 is 0. The van der Waals surface area contributed by atoms with Crippen LogP contribution in [0.4, 0.5) is 17.6 Å². The van der Waals surface area contributed by atoms with Crippen LogP contribution in [0.3, 0.4) is 0 Å². The first kappa shape index (κ1) is 14.3. The molecule has 0 heterocycles. The van der Waals surface area contributed by atoms with Crippen LogP contribution in [0.2, 0.25) is 0 Å². The van der Waals surface area contributed by atoms with E-state index in [-0.39, 0.29) is 17.9 Å². The van der Waals surface area contributed by atoms with Gasteiger partial charge in [-0.25, -0.2) is 4.39 Å². The van der Waals surface area contributed by atoms with Crippen molar-refractivity contribution >= 4 is 5.91 Å². The van der Waals surface area contributed by atoms with Gasteiger partial charge in [-0.05, 0) is 24.6 Å². The minimum absolute atomic E-state index is 0.0170. The number of carbonyl (C=O) groups is 1. The summed E-state index contributed by atoms with van der Waals surface area (Å²) in [6.45, 7) is 1.56. The highest BCUT2D eigenvalue weighted by molar-refractivity contribution is 5.81. The lowest BCUT2D eigenvalue weighted by atomic mass is 10.2. The fraction of sp³-hybridized carbons (Fsp3) is 0.364. The molecule has 0 saturated carbocycles. The molecule has 100 valence electrons. The van der Waals surface area contributed by atoms with Crippen LogP contribution in [0.25, 0.3) is 0 Å². The Bertz CT molecular complexity index is 432. The van der Waals surface area contributed by atoms with E-state index in [1.165, 1.54) is 12.1 Å². The number of hydrogen-bond acceptors (Lipinski definition) is 2. The number of nitrogens with one attached hydrogen (secondary N) is 1. The van der Waals surface area contributed by atoms with E-state index in [0.29, 0.717) is 0 Å². The number of benzene rings is 1. The first-order valence-electron chi connectivity index (χ1n) is 5.11. The summed E-state index contributed by atoms with van der Waals surface area (Å²) in [5.74, 6) is -2.73. The fourth-order valence-corrected chi connectivity index (χ4v) is 1.21. The van der Waals surface area contributed by atoms with Gasteiger partial charge < -0.3 is 10.1 Å². The van der Waals surface area contributed by atoms with Crippen LogP contribution in [-0.4, -0.2) is 18.7 Å². The van der Waals surface area contributed by atoms with Crippen LogP contribution in [0.15, 0.2) is 18.2 Å². The Hall–Kier alpha value is -1.79. The minimum atomic E-state index is -4.94. The highest BCUT2D eigenvalue weighted by Gasteiger charge is 2.38. The maximum atomic E-state index is 13.3. The predicted octanol–water partition coefficient (Wildman–Crippen LogP) is 2.40. The van der Waals surface area contributed by atoms with Crippen molar-refractivity contribution in [1.29, 1.82) is 0 Å². The average Bonchev–Trinajstić information content (AvgIpc) is 2.28. The van der Waals surface area contributed by atoms with Gasteiger partial charge in [0.2, 0.25) is 0 Å². The van der Waals surface area contributed by atoms with Crippen LogP contribution in [0, 0.1) is 5.82 Å². The molecule has 3 nitrogen and oxygen atoms in total. The number of alkyl halides is 3. The maximum absolute atomic E-state index is 13.3. The Morgan fingerprint density at radius 2 is 2.06 bits per heavy atom. The first-order chi connectivity index (χ1) is 8.34. The summed E-state index contributed by atoms with van der Waals surface area (Å²) in [5.41, 5.74) is 0.216. The Morgan fingerprint density at radius 1 is 1.39 bits per heavy atom. The molecular weight excluding hydrogens is 254 g/mol. The second kappa shape index (κ2) is 5.70. The van der Waals surface area contributed by atoms with Gasteiger partial charge >= 0.3 is 12.1 Å². The van der Waals surface area contributed by atoms with E-state index >= 15 is 0 Å². The molecule has 1 aromatic rings. The second-order valence-electron chi connectivity index (χ2n) is 3.38. The van der Waals surface area contributed by atoms with Gasteiger partial charge in [0.25, 0.3) is 0 Å². The SMILES string of the molecule is CCOc1ccc(CNC(=O)C(F)(F)F)cc1F. The largest absolute Gasteiger partial charge is 0.491 e. The van der Waals surface area contributed by atoms with Crippen molar-refractivity contribution in [1.82, 2.24) is 5.32 Å². The Labute approximate surface area is 101 Å². The zero-order chi connectivity index (χ0) is 13.8. The number of ether oxygens (including phenoxy) is 1. The van der Waals surface area contributed by atoms with E-state index in [9.17, 15) is 22.4 Å². The van der Waals surface area contributed by atoms with Crippen molar-refractivity contribution in [3.8, 4) is 5.75 Å². The molecule has 18 heavy (non-hydrogen) atoms. The van der Waals surface area contributed by atoms with Crippen molar-refractivity contribution in [2.75, 3.05) is 6.61 Å². The normalized spacial score (nSPS) is 11.2. The second-order valence-corrected chi connectivity index (χ2v) is 3.38. The van der Waals surface area contributed by atoms with Gasteiger partial charge in [0, 0.05) is 6.54 Å². The first-order valence-corrected chi connectivity index (χ1v) is 5.11. The van der Waals surface area contributed by atoms with Gasteiger partial charge in [0.05, 0.1) is 6.61 Å². The number of carbonyl (C=O) groups excluding carboxylic acids is 1. The van der Waals surface area contributed by atoms with Gasteiger partial charge in [-0.15, -0.1) is 0 Å². The highest BCUT2D eigenvalue weighted by atomic mass is 19.4. The molecule has 0 aliphatic carbocycles. The third kappa shape index (κ3) is 3.90. The van der Waals surface area contributed by atoms with Crippen LogP contribution in [0.5, 0.6) is 5.75 Å². The van der Waals surface area contributed by atoms with Crippen molar-refractivity contribution in [3.63, 3.8) is 0 Å².